The number of benzene rings is 2. The molecule has 5 nitrogen and oxygen atoms in total. The number of aryl methyl sites for hydroxylation is 1. The van der Waals surface area contributed by atoms with Crippen molar-refractivity contribution in [2.24, 2.45) is 0 Å². The lowest BCUT2D eigenvalue weighted by Gasteiger charge is -2.32. The maximum Gasteiger partial charge on any atom is 0.334 e. The van der Waals surface area contributed by atoms with E-state index in [2.05, 4.69) is 11.4 Å². The number of ether oxygens (including phenoxy) is 1. The zero-order valence-electron chi connectivity index (χ0n) is 14.7. The number of nitrogens with zero attached hydrogens (tertiary/aromatic N) is 1. The van der Waals surface area contributed by atoms with Crippen LogP contribution in [-0.4, -0.2) is 18.2 Å². The topological polar surface area (TPSA) is 82.3 Å². The summed E-state index contributed by atoms with van der Waals surface area (Å²) in [6.07, 6.45) is 1.12. The fourth-order valence-corrected chi connectivity index (χ4v) is 2.80. The Morgan fingerprint density at radius 2 is 1.92 bits per heavy atom. The van der Waals surface area contributed by atoms with Crippen molar-refractivity contribution in [3.8, 4) is 11.8 Å². The number of methoxy groups -OCH3 is 1. The van der Waals surface area contributed by atoms with E-state index in [4.69, 9.17) is 10.00 Å². The van der Waals surface area contributed by atoms with Gasteiger partial charge < -0.3 is 15.2 Å². The predicted molar refractivity (Wildman–Crippen MR) is 96.8 cm³/mol. The smallest absolute Gasteiger partial charge is 0.334 e. The van der Waals surface area contributed by atoms with Crippen LogP contribution in [-0.2, 0) is 16.8 Å². The number of nitriles is 1. The van der Waals surface area contributed by atoms with E-state index in [-0.39, 0.29) is 0 Å². The first-order valence-corrected chi connectivity index (χ1v) is 8.19. The Balaban J connectivity index is 2.54. The summed E-state index contributed by atoms with van der Waals surface area (Å²) in [4.78, 5) is 12.2. The summed E-state index contributed by atoms with van der Waals surface area (Å²) in [5.74, 6) is -0.329. The molecular formula is C20H22N2O3. The molecule has 2 aromatic carbocycles. The summed E-state index contributed by atoms with van der Waals surface area (Å²) in [7, 11) is 1.57. The molecule has 0 saturated heterocycles. The minimum atomic E-state index is -1.29. The molecule has 1 atom stereocenters. The SMILES string of the molecule is CCc1cc(OC)cc(C(CC)(Nc2ccc(C#N)cc2)C(=O)O)c1. The summed E-state index contributed by atoms with van der Waals surface area (Å²) in [6, 6.07) is 14.4. The van der Waals surface area contributed by atoms with Crippen LogP contribution in [0.1, 0.15) is 37.0 Å². The minimum Gasteiger partial charge on any atom is -0.497 e. The molecule has 0 amide bonds. The molecule has 5 heteroatoms. The first kappa shape index (κ1) is 18.3. The highest BCUT2D eigenvalue weighted by Crippen LogP contribution is 2.33. The van der Waals surface area contributed by atoms with Crippen LogP contribution in [0.4, 0.5) is 5.69 Å². The van der Waals surface area contributed by atoms with Gasteiger partial charge >= 0.3 is 5.97 Å². The number of hydrogen-bond acceptors (Lipinski definition) is 4. The third kappa shape index (κ3) is 3.74. The summed E-state index contributed by atoms with van der Waals surface area (Å²) in [6.45, 7) is 3.84. The second-order valence-corrected chi connectivity index (χ2v) is 5.80. The highest BCUT2D eigenvalue weighted by Gasteiger charge is 2.39. The zero-order chi connectivity index (χ0) is 18.4. The van der Waals surface area contributed by atoms with Gasteiger partial charge in [0.2, 0.25) is 0 Å². The van der Waals surface area contributed by atoms with E-state index < -0.39 is 11.5 Å². The number of carbonyl (C=O) groups is 1. The van der Waals surface area contributed by atoms with Gasteiger partial charge in [-0.15, -0.1) is 0 Å². The van der Waals surface area contributed by atoms with E-state index >= 15 is 0 Å². The van der Waals surface area contributed by atoms with Crippen LogP contribution in [0, 0.1) is 11.3 Å². The quantitative estimate of drug-likeness (QED) is 0.799. The summed E-state index contributed by atoms with van der Waals surface area (Å²) < 4.78 is 5.34. The number of carboxylic acids is 1. The second-order valence-electron chi connectivity index (χ2n) is 5.80. The lowest BCUT2D eigenvalue weighted by molar-refractivity contribution is -0.142. The minimum absolute atomic E-state index is 0.346. The molecular weight excluding hydrogens is 316 g/mol. The van der Waals surface area contributed by atoms with Gasteiger partial charge in [0, 0.05) is 5.69 Å². The molecule has 2 rings (SSSR count). The van der Waals surface area contributed by atoms with Crippen molar-refractivity contribution in [3.05, 3.63) is 59.2 Å². The van der Waals surface area contributed by atoms with E-state index in [1.807, 2.05) is 26.0 Å². The molecule has 130 valence electrons. The number of carboxylic acid groups (broad SMARTS) is 1. The van der Waals surface area contributed by atoms with Gasteiger partial charge in [-0.2, -0.15) is 5.26 Å². The number of rotatable bonds is 7. The molecule has 25 heavy (non-hydrogen) atoms. The summed E-state index contributed by atoms with van der Waals surface area (Å²) >= 11 is 0. The van der Waals surface area contributed by atoms with E-state index in [0.29, 0.717) is 29.0 Å². The maximum atomic E-state index is 12.2. The van der Waals surface area contributed by atoms with Gasteiger partial charge in [-0.1, -0.05) is 19.9 Å². The first-order valence-electron chi connectivity index (χ1n) is 8.19. The lowest BCUT2D eigenvalue weighted by atomic mass is 9.85. The average molecular weight is 338 g/mol. The average Bonchev–Trinajstić information content (AvgIpc) is 2.65. The molecule has 0 bridgehead atoms. The molecule has 0 aliphatic heterocycles. The zero-order valence-corrected chi connectivity index (χ0v) is 14.7. The van der Waals surface area contributed by atoms with Gasteiger partial charge in [0.25, 0.3) is 0 Å². The Labute approximate surface area is 147 Å². The van der Waals surface area contributed by atoms with Crippen molar-refractivity contribution in [1.29, 1.82) is 5.26 Å². The molecule has 0 aliphatic carbocycles. The van der Waals surface area contributed by atoms with Crippen LogP contribution < -0.4 is 10.1 Å². The Morgan fingerprint density at radius 3 is 2.40 bits per heavy atom. The monoisotopic (exact) mass is 338 g/mol. The molecule has 2 aromatic rings. The number of aliphatic carboxylic acids is 1. The summed E-state index contributed by atoms with van der Waals surface area (Å²) in [5.41, 5.74) is 1.53. The third-order valence-electron chi connectivity index (χ3n) is 4.37. The van der Waals surface area contributed by atoms with Crippen molar-refractivity contribution < 1.29 is 14.6 Å². The van der Waals surface area contributed by atoms with Crippen LogP contribution in [0.2, 0.25) is 0 Å². The molecule has 0 spiro atoms. The van der Waals surface area contributed by atoms with E-state index in [9.17, 15) is 9.90 Å². The van der Waals surface area contributed by atoms with E-state index in [0.717, 1.165) is 12.0 Å². The van der Waals surface area contributed by atoms with E-state index in [1.165, 1.54) is 0 Å². The molecule has 0 saturated carbocycles. The normalized spacial score (nSPS) is 12.7. The largest absolute Gasteiger partial charge is 0.497 e. The Bertz CT molecular complexity index is 771. The standard InChI is InChI=1S/C20H22N2O3/c1-4-14-10-16(12-18(11-14)25-3)20(5-2,19(23)24)22-17-8-6-15(13-21)7-9-17/h6-12,22H,4-5H2,1-3H3,(H,23,24). The lowest BCUT2D eigenvalue weighted by Crippen LogP contribution is -2.43. The molecule has 0 radical (unpaired) electrons. The predicted octanol–water partition coefficient (Wildman–Crippen LogP) is 3.93. The fourth-order valence-electron chi connectivity index (χ4n) is 2.80. The Kier molecular flexibility index (Phi) is 5.66. The first-order chi connectivity index (χ1) is 12.0. The van der Waals surface area contributed by atoms with E-state index in [1.54, 1.807) is 37.4 Å². The van der Waals surface area contributed by atoms with Crippen LogP contribution in [0.25, 0.3) is 0 Å². The number of nitrogens with one attached hydrogen (secondary N) is 1. The van der Waals surface area contributed by atoms with Crippen molar-refractivity contribution in [2.45, 2.75) is 32.2 Å². The maximum absolute atomic E-state index is 12.2. The second kappa shape index (κ2) is 7.71. The Morgan fingerprint density at radius 1 is 1.24 bits per heavy atom. The molecule has 0 heterocycles. The van der Waals surface area contributed by atoms with Gasteiger partial charge in [0.05, 0.1) is 18.7 Å². The van der Waals surface area contributed by atoms with Gasteiger partial charge in [0.1, 0.15) is 5.75 Å². The highest BCUT2D eigenvalue weighted by molar-refractivity contribution is 5.85. The number of hydrogen-bond donors (Lipinski definition) is 2. The van der Waals surface area contributed by atoms with Gasteiger partial charge in [-0.25, -0.2) is 4.79 Å². The van der Waals surface area contributed by atoms with Crippen LogP contribution in [0.3, 0.4) is 0 Å². The fraction of sp³-hybridized carbons (Fsp3) is 0.300. The van der Waals surface area contributed by atoms with Crippen LogP contribution >= 0.6 is 0 Å². The third-order valence-corrected chi connectivity index (χ3v) is 4.37. The van der Waals surface area contributed by atoms with Crippen molar-refractivity contribution in [2.75, 3.05) is 12.4 Å². The molecule has 1 unspecified atom stereocenters. The molecule has 0 aromatic heterocycles. The van der Waals surface area contributed by atoms with Crippen LogP contribution in [0.15, 0.2) is 42.5 Å². The molecule has 2 N–H and O–H groups in total. The van der Waals surface area contributed by atoms with Crippen molar-refractivity contribution in [1.82, 2.24) is 0 Å². The van der Waals surface area contributed by atoms with Crippen LogP contribution in [0.5, 0.6) is 5.75 Å². The van der Waals surface area contributed by atoms with Crippen molar-refractivity contribution in [3.63, 3.8) is 0 Å². The highest BCUT2D eigenvalue weighted by atomic mass is 16.5. The van der Waals surface area contributed by atoms with Gasteiger partial charge in [-0.05, 0) is 60.4 Å². The Hall–Kier alpha value is -3.00. The van der Waals surface area contributed by atoms with Gasteiger partial charge in [-0.3, -0.25) is 0 Å². The number of anilines is 1. The molecule has 0 aliphatic rings. The summed E-state index contributed by atoms with van der Waals surface area (Å²) in [5, 5.41) is 22.1. The van der Waals surface area contributed by atoms with Gasteiger partial charge in [0.15, 0.2) is 5.54 Å². The van der Waals surface area contributed by atoms with Crippen molar-refractivity contribution >= 4 is 11.7 Å². The molecule has 0 fully saturated rings.